The molecule has 2 aromatic rings. The first-order valence-electron chi connectivity index (χ1n) is 5.39. The molecule has 0 aliphatic rings. The van der Waals surface area contributed by atoms with E-state index in [-0.39, 0.29) is 5.82 Å². The minimum Gasteiger partial charge on any atom is -0.353 e. The Morgan fingerprint density at radius 1 is 1.16 bits per heavy atom. The molecule has 0 saturated heterocycles. The second kappa shape index (κ2) is 5.46. The van der Waals surface area contributed by atoms with Crippen LogP contribution >= 0.6 is 11.6 Å². The number of nitrogens with one attached hydrogen (secondary N) is 2. The van der Waals surface area contributed by atoms with E-state index in [2.05, 4.69) is 15.0 Å². The predicted octanol–water partition coefficient (Wildman–Crippen LogP) is 2.85. The van der Waals surface area contributed by atoms with Crippen molar-refractivity contribution in [1.29, 1.82) is 0 Å². The van der Waals surface area contributed by atoms with Crippen molar-refractivity contribution >= 4 is 38.8 Å². The van der Waals surface area contributed by atoms with E-state index < -0.39 is 10.0 Å². The van der Waals surface area contributed by atoms with Gasteiger partial charge in [-0.05, 0) is 24.3 Å². The Morgan fingerprint density at radius 3 is 2.47 bits per heavy atom. The summed E-state index contributed by atoms with van der Waals surface area (Å²) < 4.78 is 24.4. The molecule has 100 valence electrons. The van der Waals surface area contributed by atoms with Crippen molar-refractivity contribution in [3.05, 3.63) is 47.6 Å². The summed E-state index contributed by atoms with van der Waals surface area (Å²) >= 11 is 6.02. The Morgan fingerprint density at radius 2 is 1.89 bits per heavy atom. The lowest BCUT2D eigenvalue weighted by atomic mass is 10.3. The van der Waals surface area contributed by atoms with E-state index in [0.717, 1.165) is 11.9 Å². The maximum absolute atomic E-state index is 11.0. The van der Waals surface area contributed by atoms with Crippen molar-refractivity contribution < 1.29 is 8.42 Å². The summed E-state index contributed by atoms with van der Waals surface area (Å²) in [4.78, 5) is 3.99. The maximum atomic E-state index is 11.0. The van der Waals surface area contributed by atoms with Crippen LogP contribution in [0.3, 0.4) is 0 Å². The number of halogens is 1. The monoisotopic (exact) mass is 297 g/mol. The number of benzene rings is 1. The fourth-order valence-corrected chi connectivity index (χ4v) is 2.12. The van der Waals surface area contributed by atoms with Gasteiger partial charge in [0, 0.05) is 0 Å². The number of anilines is 3. The lowest BCUT2D eigenvalue weighted by Gasteiger charge is -2.08. The molecule has 0 aliphatic heterocycles. The highest BCUT2D eigenvalue weighted by Gasteiger charge is 2.03. The number of hydrogen-bond donors (Lipinski definition) is 2. The Labute approximate surface area is 116 Å². The predicted molar refractivity (Wildman–Crippen MR) is 77.4 cm³/mol. The quantitative estimate of drug-likeness (QED) is 0.910. The third kappa shape index (κ3) is 4.11. The Bertz CT molecular complexity index is 672. The van der Waals surface area contributed by atoms with E-state index in [1.807, 2.05) is 18.2 Å². The van der Waals surface area contributed by atoms with E-state index in [4.69, 9.17) is 11.6 Å². The van der Waals surface area contributed by atoms with Gasteiger partial charge < -0.3 is 5.32 Å². The van der Waals surface area contributed by atoms with Crippen molar-refractivity contribution in [1.82, 2.24) is 4.98 Å². The first-order chi connectivity index (χ1) is 8.94. The summed E-state index contributed by atoms with van der Waals surface area (Å²) in [7, 11) is -3.31. The topological polar surface area (TPSA) is 71.1 Å². The average molecular weight is 298 g/mol. The molecule has 1 aromatic carbocycles. The lowest BCUT2D eigenvalue weighted by Crippen LogP contribution is -2.10. The summed E-state index contributed by atoms with van der Waals surface area (Å²) in [6.07, 6.45) is 2.60. The molecule has 2 N–H and O–H groups in total. The van der Waals surface area contributed by atoms with Crippen molar-refractivity contribution in [2.45, 2.75) is 0 Å². The smallest absolute Gasteiger partial charge is 0.230 e. The molecule has 0 fully saturated rings. The first-order valence-corrected chi connectivity index (χ1v) is 7.66. The fraction of sp³-hybridized carbons (Fsp3) is 0.0833. The third-order valence-corrected chi connectivity index (χ3v) is 3.12. The molecule has 2 rings (SSSR count). The van der Waals surface area contributed by atoms with Gasteiger partial charge in [-0.15, -0.1) is 0 Å². The van der Waals surface area contributed by atoms with Crippen LogP contribution in [0.2, 0.25) is 5.02 Å². The fourth-order valence-electron chi connectivity index (χ4n) is 1.44. The number of sulfonamides is 1. The van der Waals surface area contributed by atoms with E-state index in [0.29, 0.717) is 10.7 Å². The van der Waals surface area contributed by atoms with Crippen molar-refractivity contribution in [3.8, 4) is 0 Å². The summed E-state index contributed by atoms with van der Waals surface area (Å²) in [5, 5.41) is 3.69. The van der Waals surface area contributed by atoms with Crippen molar-refractivity contribution in [3.63, 3.8) is 0 Å². The van der Waals surface area contributed by atoms with Gasteiger partial charge in [-0.25, -0.2) is 13.4 Å². The van der Waals surface area contributed by atoms with Crippen LogP contribution in [-0.4, -0.2) is 19.7 Å². The Hall–Kier alpha value is -1.79. The molecule has 0 saturated carbocycles. The lowest BCUT2D eigenvalue weighted by molar-refractivity contribution is 0.606. The molecule has 0 bridgehead atoms. The van der Waals surface area contributed by atoms with Crippen LogP contribution < -0.4 is 10.0 Å². The molecule has 0 radical (unpaired) electrons. The SMILES string of the molecule is CS(=O)(=O)Nc1ccc(Nc2ccccc2Cl)cn1. The van der Waals surface area contributed by atoms with Gasteiger partial charge in [-0.3, -0.25) is 4.72 Å². The second-order valence-corrected chi connectivity index (χ2v) is 6.07. The van der Waals surface area contributed by atoms with Crippen LogP contribution in [0.1, 0.15) is 0 Å². The van der Waals surface area contributed by atoms with Gasteiger partial charge in [-0.2, -0.15) is 0 Å². The molecule has 0 aliphatic carbocycles. The Balaban J connectivity index is 2.13. The zero-order chi connectivity index (χ0) is 13.9. The summed E-state index contributed by atoms with van der Waals surface area (Å²) in [5.41, 5.74) is 1.47. The van der Waals surface area contributed by atoms with Gasteiger partial charge in [0.2, 0.25) is 10.0 Å². The minimum atomic E-state index is -3.31. The van der Waals surface area contributed by atoms with Crippen LogP contribution in [-0.2, 0) is 10.0 Å². The van der Waals surface area contributed by atoms with Crippen molar-refractivity contribution in [2.75, 3.05) is 16.3 Å². The van der Waals surface area contributed by atoms with Crippen LogP contribution in [0.25, 0.3) is 0 Å². The van der Waals surface area contributed by atoms with E-state index in [9.17, 15) is 8.42 Å². The largest absolute Gasteiger partial charge is 0.353 e. The van der Waals surface area contributed by atoms with Gasteiger partial charge >= 0.3 is 0 Å². The van der Waals surface area contributed by atoms with Crippen LogP contribution in [0.4, 0.5) is 17.2 Å². The number of pyridine rings is 1. The molecular formula is C12H12ClN3O2S. The standard InChI is InChI=1S/C12H12ClN3O2S/c1-19(17,18)16-12-7-6-9(8-14-12)15-11-5-3-2-4-10(11)13/h2-8,15H,1H3,(H,14,16). The second-order valence-electron chi connectivity index (χ2n) is 3.91. The van der Waals surface area contributed by atoms with Gasteiger partial charge in [0.1, 0.15) is 5.82 Å². The Kier molecular flexibility index (Phi) is 3.92. The number of para-hydroxylation sites is 1. The molecule has 0 amide bonds. The van der Waals surface area contributed by atoms with Gasteiger partial charge in [-0.1, -0.05) is 23.7 Å². The highest BCUT2D eigenvalue weighted by molar-refractivity contribution is 7.92. The highest BCUT2D eigenvalue weighted by atomic mass is 35.5. The van der Waals surface area contributed by atoms with E-state index in [1.165, 1.54) is 6.20 Å². The number of rotatable bonds is 4. The molecule has 19 heavy (non-hydrogen) atoms. The highest BCUT2D eigenvalue weighted by Crippen LogP contribution is 2.24. The van der Waals surface area contributed by atoms with Gasteiger partial charge in [0.05, 0.1) is 28.9 Å². The summed E-state index contributed by atoms with van der Waals surface area (Å²) in [6.45, 7) is 0. The maximum Gasteiger partial charge on any atom is 0.230 e. The molecule has 0 spiro atoms. The number of nitrogens with zero attached hydrogens (tertiary/aromatic N) is 1. The minimum absolute atomic E-state index is 0.271. The molecule has 7 heteroatoms. The average Bonchev–Trinajstić information content (AvgIpc) is 2.33. The zero-order valence-electron chi connectivity index (χ0n) is 10.1. The zero-order valence-corrected chi connectivity index (χ0v) is 11.7. The van der Waals surface area contributed by atoms with E-state index in [1.54, 1.807) is 18.2 Å². The summed E-state index contributed by atoms with van der Waals surface area (Å²) in [6, 6.07) is 10.6. The van der Waals surface area contributed by atoms with Crippen LogP contribution in [0.15, 0.2) is 42.6 Å². The molecular weight excluding hydrogens is 286 g/mol. The molecule has 5 nitrogen and oxygen atoms in total. The molecule has 0 atom stereocenters. The summed E-state index contributed by atoms with van der Waals surface area (Å²) in [5.74, 6) is 0.271. The molecule has 0 unspecified atom stereocenters. The molecule has 1 heterocycles. The number of hydrogen-bond acceptors (Lipinski definition) is 4. The van der Waals surface area contributed by atoms with Crippen molar-refractivity contribution in [2.24, 2.45) is 0 Å². The van der Waals surface area contributed by atoms with E-state index >= 15 is 0 Å². The number of aromatic nitrogens is 1. The van der Waals surface area contributed by atoms with Crippen LogP contribution in [0.5, 0.6) is 0 Å². The normalized spacial score (nSPS) is 11.1. The van der Waals surface area contributed by atoms with Crippen LogP contribution in [0, 0.1) is 0 Å². The third-order valence-electron chi connectivity index (χ3n) is 2.21. The molecule has 1 aromatic heterocycles. The van der Waals surface area contributed by atoms with Gasteiger partial charge in [0.15, 0.2) is 0 Å². The van der Waals surface area contributed by atoms with Gasteiger partial charge in [0.25, 0.3) is 0 Å². The first kappa shape index (κ1) is 13.6.